The number of amides is 1. The molecule has 0 saturated heterocycles. The number of carbonyl (C=O) groups excluding carboxylic acids is 1. The van der Waals surface area contributed by atoms with Crippen LogP contribution in [-0.2, 0) is 16.1 Å². The van der Waals surface area contributed by atoms with Gasteiger partial charge in [-0.05, 0) is 17.7 Å². The molecule has 1 unspecified atom stereocenters. The first kappa shape index (κ1) is 15.0. The van der Waals surface area contributed by atoms with Crippen molar-refractivity contribution >= 4 is 11.9 Å². The molecule has 1 amide bonds. The number of hydrogen-bond acceptors (Lipinski definition) is 3. The van der Waals surface area contributed by atoms with Gasteiger partial charge in [0.05, 0.1) is 12.5 Å². The molecule has 0 aliphatic rings. The lowest BCUT2D eigenvalue weighted by Gasteiger charge is -2.20. The Morgan fingerprint density at radius 1 is 1.37 bits per heavy atom. The van der Waals surface area contributed by atoms with E-state index < -0.39 is 36.0 Å². The molecule has 0 heterocycles. The van der Waals surface area contributed by atoms with Crippen molar-refractivity contribution in [3.05, 3.63) is 35.4 Å². The third-order valence-electron chi connectivity index (χ3n) is 2.49. The number of carboxylic acids is 1. The Morgan fingerprint density at radius 2 is 2.00 bits per heavy atom. The highest BCUT2D eigenvalue weighted by Gasteiger charge is 2.21. The van der Waals surface area contributed by atoms with Gasteiger partial charge in [-0.2, -0.15) is 0 Å². The molecule has 0 radical (unpaired) electrons. The monoisotopic (exact) mass is 272 g/mol. The van der Waals surface area contributed by atoms with Crippen LogP contribution in [0.4, 0.5) is 8.78 Å². The molecule has 1 rings (SSSR count). The van der Waals surface area contributed by atoms with Crippen molar-refractivity contribution in [1.29, 1.82) is 0 Å². The fraction of sp³-hybridized carbons (Fsp3) is 0.333. The van der Waals surface area contributed by atoms with Crippen LogP contribution in [0.1, 0.15) is 12.0 Å². The Hall–Kier alpha value is -2.02. The van der Waals surface area contributed by atoms with E-state index in [2.05, 4.69) is 0 Å². The highest BCUT2D eigenvalue weighted by molar-refractivity contribution is 5.85. The number of rotatable bonds is 5. The quantitative estimate of drug-likeness (QED) is 0.827. The van der Waals surface area contributed by atoms with E-state index >= 15 is 0 Å². The van der Waals surface area contributed by atoms with Crippen LogP contribution in [0.25, 0.3) is 0 Å². The van der Waals surface area contributed by atoms with Crippen molar-refractivity contribution in [2.75, 3.05) is 7.05 Å². The number of likely N-dealkylation sites (N-methyl/N-ethyl adjacent to an activating group) is 1. The average Bonchev–Trinajstić information content (AvgIpc) is 2.32. The molecule has 7 heteroatoms. The van der Waals surface area contributed by atoms with Crippen LogP contribution in [0.2, 0.25) is 0 Å². The number of carbonyl (C=O) groups is 2. The van der Waals surface area contributed by atoms with Crippen molar-refractivity contribution in [1.82, 2.24) is 4.90 Å². The van der Waals surface area contributed by atoms with Gasteiger partial charge < -0.3 is 15.7 Å². The van der Waals surface area contributed by atoms with E-state index in [0.29, 0.717) is 5.56 Å². The highest BCUT2D eigenvalue weighted by atomic mass is 19.2. The van der Waals surface area contributed by atoms with Gasteiger partial charge in [-0.3, -0.25) is 9.59 Å². The summed E-state index contributed by atoms with van der Waals surface area (Å²) in [5, 5.41) is 8.53. The van der Waals surface area contributed by atoms with Gasteiger partial charge >= 0.3 is 5.97 Å². The maximum absolute atomic E-state index is 13.0. The minimum Gasteiger partial charge on any atom is -0.481 e. The Bertz CT molecular complexity index is 494. The first-order chi connectivity index (χ1) is 8.81. The lowest BCUT2D eigenvalue weighted by Crippen LogP contribution is -2.42. The summed E-state index contributed by atoms with van der Waals surface area (Å²) in [6.07, 6.45) is -0.485. The van der Waals surface area contributed by atoms with E-state index in [-0.39, 0.29) is 6.54 Å². The van der Waals surface area contributed by atoms with E-state index in [9.17, 15) is 18.4 Å². The number of nitrogens with zero attached hydrogens (tertiary/aromatic N) is 1. The standard InChI is InChI=1S/C12H14F2N2O3/c1-16(12(19)10(15)5-11(17)18)6-7-2-3-8(13)9(14)4-7/h2-4,10H,5-6,15H2,1H3,(H,17,18). The third-order valence-corrected chi connectivity index (χ3v) is 2.49. The summed E-state index contributed by atoms with van der Waals surface area (Å²) in [4.78, 5) is 23.3. The number of aliphatic carboxylic acids is 1. The van der Waals surface area contributed by atoms with Crippen molar-refractivity contribution < 1.29 is 23.5 Å². The van der Waals surface area contributed by atoms with Crippen LogP contribution in [0.15, 0.2) is 18.2 Å². The molecule has 1 atom stereocenters. The molecule has 5 nitrogen and oxygen atoms in total. The molecule has 3 N–H and O–H groups in total. The summed E-state index contributed by atoms with van der Waals surface area (Å²) in [5.41, 5.74) is 5.81. The van der Waals surface area contributed by atoms with Gasteiger partial charge in [0, 0.05) is 13.6 Å². The molecule has 0 aliphatic heterocycles. The van der Waals surface area contributed by atoms with Crippen molar-refractivity contribution in [3.8, 4) is 0 Å². The van der Waals surface area contributed by atoms with Gasteiger partial charge in [0.25, 0.3) is 0 Å². The van der Waals surface area contributed by atoms with Crippen molar-refractivity contribution in [2.45, 2.75) is 19.0 Å². The minimum absolute atomic E-state index is 0.0172. The normalized spacial score (nSPS) is 12.0. The molecule has 1 aromatic rings. The summed E-state index contributed by atoms with van der Waals surface area (Å²) in [6.45, 7) is 0.0172. The summed E-state index contributed by atoms with van der Waals surface area (Å²) in [6, 6.07) is 2.11. The lowest BCUT2D eigenvalue weighted by atomic mass is 10.1. The lowest BCUT2D eigenvalue weighted by molar-refractivity contribution is -0.141. The fourth-order valence-electron chi connectivity index (χ4n) is 1.55. The predicted octanol–water partition coefficient (Wildman–Crippen LogP) is 0.725. The smallest absolute Gasteiger partial charge is 0.305 e. The molecule has 0 saturated carbocycles. The van der Waals surface area contributed by atoms with Gasteiger partial charge in [0.15, 0.2) is 11.6 Å². The Balaban J connectivity index is 2.68. The topological polar surface area (TPSA) is 83.6 Å². The fourth-order valence-corrected chi connectivity index (χ4v) is 1.55. The van der Waals surface area contributed by atoms with Crippen LogP contribution in [-0.4, -0.2) is 35.0 Å². The van der Waals surface area contributed by atoms with Crippen LogP contribution in [0.5, 0.6) is 0 Å². The van der Waals surface area contributed by atoms with Gasteiger partial charge in [-0.25, -0.2) is 8.78 Å². The molecule has 0 aromatic heterocycles. The van der Waals surface area contributed by atoms with E-state index in [4.69, 9.17) is 10.8 Å². The second-order valence-electron chi connectivity index (χ2n) is 4.15. The van der Waals surface area contributed by atoms with Crippen LogP contribution >= 0.6 is 0 Å². The van der Waals surface area contributed by atoms with Crippen LogP contribution in [0, 0.1) is 11.6 Å². The number of halogens is 2. The van der Waals surface area contributed by atoms with Crippen molar-refractivity contribution in [2.24, 2.45) is 5.73 Å². The third kappa shape index (κ3) is 4.29. The SMILES string of the molecule is CN(Cc1ccc(F)c(F)c1)C(=O)C(N)CC(=O)O. The maximum atomic E-state index is 13.0. The van der Waals surface area contributed by atoms with Gasteiger partial charge in [-0.1, -0.05) is 6.07 Å². The summed E-state index contributed by atoms with van der Waals surface area (Å²) < 4.78 is 25.7. The van der Waals surface area contributed by atoms with Crippen LogP contribution in [0.3, 0.4) is 0 Å². The first-order valence-corrected chi connectivity index (χ1v) is 5.47. The highest BCUT2D eigenvalue weighted by Crippen LogP contribution is 2.11. The summed E-state index contributed by atoms with van der Waals surface area (Å²) >= 11 is 0. The number of carboxylic acid groups (broad SMARTS) is 1. The van der Waals surface area contributed by atoms with Gasteiger partial charge in [-0.15, -0.1) is 0 Å². The van der Waals surface area contributed by atoms with Crippen LogP contribution < -0.4 is 5.73 Å². The van der Waals surface area contributed by atoms with Gasteiger partial charge in [0.2, 0.25) is 5.91 Å². The average molecular weight is 272 g/mol. The minimum atomic E-state index is -1.18. The predicted molar refractivity (Wildman–Crippen MR) is 63.1 cm³/mol. The van der Waals surface area contributed by atoms with Crippen molar-refractivity contribution in [3.63, 3.8) is 0 Å². The second-order valence-corrected chi connectivity index (χ2v) is 4.15. The zero-order chi connectivity index (χ0) is 14.6. The van der Waals surface area contributed by atoms with E-state index in [0.717, 1.165) is 12.1 Å². The number of benzene rings is 1. The molecule has 0 fully saturated rings. The first-order valence-electron chi connectivity index (χ1n) is 5.47. The zero-order valence-electron chi connectivity index (χ0n) is 10.3. The second kappa shape index (κ2) is 6.24. The largest absolute Gasteiger partial charge is 0.481 e. The molecule has 0 bridgehead atoms. The summed E-state index contributed by atoms with van der Waals surface area (Å²) in [5.74, 6) is -3.73. The zero-order valence-corrected chi connectivity index (χ0v) is 10.3. The van der Waals surface area contributed by atoms with E-state index in [1.807, 2.05) is 0 Å². The molecule has 19 heavy (non-hydrogen) atoms. The van der Waals surface area contributed by atoms with Gasteiger partial charge in [0.1, 0.15) is 0 Å². The molecule has 1 aromatic carbocycles. The Labute approximate surface area is 108 Å². The molecule has 0 aliphatic carbocycles. The molecular weight excluding hydrogens is 258 g/mol. The van der Waals surface area contributed by atoms with E-state index in [1.54, 1.807) is 0 Å². The Morgan fingerprint density at radius 3 is 2.53 bits per heavy atom. The van der Waals surface area contributed by atoms with E-state index in [1.165, 1.54) is 18.0 Å². The maximum Gasteiger partial charge on any atom is 0.305 e. The molecule has 0 spiro atoms. The molecule has 104 valence electrons. The Kier molecular flexibility index (Phi) is 4.94. The summed E-state index contributed by atoms with van der Waals surface area (Å²) in [7, 11) is 1.41. The number of hydrogen-bond donors (Lipinski definition) is 2. The number of nitrogens with two attached hydrogens (primary N) is 1. The molecular formula is C12H14F2N2O3.